The average Bonchev–Trinajstić information content (AvgIpc) is 2.63. The minimum atomic E-state index is -0.274. The minimum Gasteiger partial charge on any atom is -0.494 e. The number of aryl methyl sites for hydroxylation is 1. The Bertz CT molecular complexity index is 698. The molecule has 0 radical (unpaired) electrons. The van der Waals surface area contributed by atoms with Crippen molar-refractivity contribution in [3.63, 3.8) is 0 Å². The molecule has 2 aromatic carbocycles. The lowest BCUT2D eigenvalue weighted by atomic mass is 9.91. The Morgan fingerprint density at radius 3 is 2.46 bits per heavy atom. The number of hydrogen-bond donors (Lipinski definition) is 1. The molecule has 140 valence electrons. The summed E-state index contributed by atoms with van der Waals surface area (Å²) in [6.45, 7) is 6.92. The number of aliphatic hydroxyl groups excluding tert-OH is 1. The van der Waals surface area contributed by atoms with Gasteiger partial charge in [-0.2, -0.15) is 0 Å². The summed E-state index contributed by atoms with van der Waals surface area (Å²) in [5.74, 6) is 0.916. The molecule has 1 aliphatic heterocycles. The standard InChI is InChI=1S/C23H30O3/c1-4-18-8-9-19(23-15-21(24)12-16(3)26-23)14-20(18)13-17-6-10-22(11-7-17)25-5-2/h6-11,14,16,21,23-24H,4-5,12-13,15H2,1-3H3. The molecule has 0 aromatic heterocycles. The van der Waals surface area contributed by atoms with Crippen molar-refractivity contribution < 1.29 is 14.6 Å². The van der Waals surface area contributed by atoms with Crippen LogP contribution in [0.4, 0.5) is 0 Å². The van der Waals surface area contributed by atoms with E-state index in [9.17, 15) is 5.11 Å². The Kier molecular flexibility index (Phi) is 6.33. The molecule has 1 fully saturated rings. The van der Waals surface area contributed by atoms with Crippen LogP contribution in [-0.2, 0) is 17.6 Å². The van der Waals surface area contributed by atoms with Crippen LogP contribution in [0.25, 0.3) is 0 Å². The number of benzene rings is 2. The zero-order chi connectivity index (χ0) is 18.5. The maximum Gasteiger partial charge on any atom is 0.119 e. The normalized spacial score (nSPS) is 23.0. The topological polar surface area (TPSA) is 38.7 Å². The third-order valence-electron chi connectivity index (χ3n) is 5.10. The highest BCUT2D eigenvalue weighted by atomic mass is 16.5. The first kappa shape index (κ1) is 18.9. The Hall–Kier alpha value is -1.84. The fourth-order valence-electron chi connectivity index (χ4n) is 3.78. The van der Waals surface area contributed by atoms with Crippen molar-refractivity contribution in [2.75, 3.05) is 6.61 Å². The molecule has 0 bridgehead atoms. The summed E-state index contributed by atoms with van der Waals surface area (Å²) in [6.07, 6.45) is 3.12. The predicted molar refractivity (Wildman–Crippen MR) is 105 cm³/mol. The van der Waals surface area contributed by atoms with Crippen molar-refractivity contribution in [3.8, 4) is 5.75 Å². The van der Waals surface area contributed by atoms with E-state index in [0.717, 1.165) is 25.0 Å². The van der Waals surface area contributed by atoms with Crippen LogP contribution < -0.4 is 4.74 Å². The van der Waals surface area contributed by atoms with Crippen molar-refractivity contribution in [1.82, 2.24) is 0 Å². The van der Waals surface area contributed by atoms with E-state index in [1.165, 1.54) is 22.3 Å². The third kappa shape index (κ3) is 4.66. The highest BCUT2D eigenvalue weighted by Gasteiger charge is 2.27. The second-order valence-electron chi connectivity index (χ2n) is 7.20. The molecule has 0 saturated carbocycles. The van der Waals surface area contributed by atoms with Gasteiger partial charge >= 0.3 is 0 Å². The molecule has 3 unspecified atom stereocenters. The van der Waals surface area contributed by atoms with Crippen LogP contribution in [0.5, 0.6) is 5.75 Å². The summed E-state index contributed by atoms with van der Waals surface area (Å²) in [7, 11) is 0. The smallest absolute Gasteiger partial charge is 0.119 e. The summed E-state index contributed by atoms with van der Waals surface area (Å²) >= 11 is 0. The van der Waals surface area contributed by atoms with Gasteiger partial charge in [0.1, 0.15) is 5.75 Å². The molecule has 3 heteroatoms. The van der Waals surface area contributed by atoms with Crippen LogP contribution in [0.2, 0.25) is 0 Å². The number of rotatable bonds is 6. The van der Waals surface area contributed by atoms with Gasteiger partial charge < -0.3 is 14.6 Å². The fraction of sp³-hybridized carbons (Fsp3) is 0.478. The Morgan fingerprint density at radius 2 is 1.81 bits per heavy atom. The second-order valence-corrected chi connectivity index (χ2v) is 7.20. The lowest BCUT2D eigenvalue weighted by Crippen LogP contribution is -2.29. The van der Waals surface area contributed by atoms with E-state index in [-0.39, 0.29) is 18.3 Å². The number of hydrogen-bond acceptors (Lipinski definition) is 3. The van der Waals surface area contributed by atoms with Crippen molar-refractivity contribution in [3.05, 3.63) is 64.7 Å². The molecular weight excluding hydrogens is 324 g/mol. The summed E-state index contributed by atoms with van der Waals surface area (Å²) in [6, 6.07) is 15.0. The zero-order valence-electron chi connectivity index (χ0n) is 16.1. The number of aliphatic hydroxyl groups is 1. The lowest BCUT2D eigenvalue weighted by molar-refractivity contribution is -0.0895. The maximum absolute atomic E-state index is 10.1. The van der Waals surface area contributed by atoms with E-state index in [1.54, 1.807) is 0 Å². The van der Waals surface area contributed by atoms with E-state index in [4.69, 9.17) is 9.47 Å². The van der Waals surface area contributed by atoms with Gasteiger partial charge in [0.15, 0.2) is 0 Å². The van der Waals surface area contributed by atoms with Gasteiger partial charge in [-0.15, -0.1) is 0 Å². The molecule has 1 heterocycles. The molecule has 3 atom stereocenters. The summed E-state index contributed by atoms with van der Waals surface area (Å²) in [5.41, 5.74) is 5.16. The highest BCUT2D eigenvalue weighted by molar-refractivity contribution is 5.38. The third-order valence-corrected chi connectivity index (χ3v) is 5.10. The van der Waals surface area contributed by atoms with Gasteiger partial charge in [0.2, 0.25) is 0 Å². The second kappa shape index (κ2) is 8.70. The molecule has 1 aliphatic rings. The number of ether oxygens (including phenoxy) is 2. The summed E-state index contributed by atoms with van der Waals surface area (Å²) < 4.78 is 11.6. The lowest BCUT2D eigenvalue weighted by Gasteiger charge is -2.32. The van der Waals surface area contributed by atoms with Crippen molar-refractivity contribution in [1.29, 1.82) is 0 Å². The highest BCUT2D eigenvalue weighted by Crippen LogP contribution is 2.33. The predicted octanol–water partition coefficient (Wildman–Crippen LogP) is 4.84. The molecule has 0 aliphatic carbocycles. The molecular formula is C23H30O3. The van der Waals surface area contributed by atoms with Crippen LogP contribution in [0, 0.1) is 0 Å². The van der Waals surface area contributed by atoms with E-state index >= 15 is 0 Å². The monoisotopic (exact) mass is 354 g/mol. The molecule has 0 amide bonds. The van der Waals surface area contributed by atoms with E-state index in [0.29, 0.717) is 13.0 Å². The van der Waals surface area contributed by atoms with Crippen molar-refractivity contribution in [2.24, 2.45) is 0 Å². The van der Waals surface area contributed by atoms with Crippen LogP contribution >= 0.6 is 0 Å². The molecule has 0 spiro atoms. The van der Waals surface area contributed by atoms with Gasteiger partial charge in [-0.05, 0) is 67.5 Å². The van der Waals surface area contributed by atoms with Gasteiger partial charge in [-0.1, -0.05) is 37.3 Å². The molecule has 1 saturated heterocycles. The van der Waals surface area contributed by atoms with Crippen LogP contribution in [0.1, 0.15) is 62.0 Å². The Morgan fingerprint density at radius 1 is 1.04 bits per heavy atom. The van der Waals surface area contributed by atoms with Crippen LogP contribution in [0.15, 0.2) is 42.5 Å². The minimum absolute atomic E-state index is 0.0151. The first-order valence-electron chi connectivity index (χ1n) is 9.76. The molecule has 26 heavy (non-hydrogen) atoms. The molecule has 2 aromatic rings. The van der Waals surface area contributed by atoms with Gasteiger partial charge in [-0.3, -0.25) is 0 Å². The van der Waals surface area contributed by atoms with E-state index in [1.807, 2.05) is 26.0 Å². The maximum atomic E-state index is 10.1. The largest absolute Gasteiger partial charge is 0.494 e. The van der Waals surface area contributed by atoms with Gasteiger partial charge in [0.25, 0.3) is 0 Å². The molecule has 3 nitrogen and oxygen atoms in total. The Labute approximate surface area is 157 Å². The summed E-state index contributed by atoms with van der Waals surface area (Å²) in [4.78, 5) is 0. The van der Waals surface area contributed by atoms with Crippen molar-refractivity contribution >= 4 is 0 Å². The fourth-order valence-corrected chi connectivity index (χ4v) is 3.78. The first-order valence-corrected chi connectivity index (χ1v) is 9.76. The van der Waals surface area contributed by atoms with Crippen LogP contribution in [0.3, 0.4) is 0 Å². The SMILES string of the molecule is CCOc1ccc(Cc2cc(C3CC(O)CC(C)O3)ccc2CC)cc1. The van der Waals surface area contributed by atoms with Gasteiger partial charge in [0.05, 0.1) is 24.9 Å². The van der Waals surface area contributed by atoms with Crippen molar-refractivity contribution in [2.45, 2.75) is 64.8 Å². The summed E-state index contributed by atoms with van der Waals surface area (Å²) in [5, 5.41) is 10.1. The van der Waals surface area contributed by atoms with E-state index < -0.39 is 0 Å². The zero-order valence-corrected chi connectivity index (χ0v) is 16.1. The van der Waals surface area contributed by atoms with Gasteiger partial charge in [0, 0.05) is 6.42 Å². The quantitative estimate of drug-likeness (QED) is 0.807. The Balaban J connectivity index is 1.81. The molecule has 3 rings (SSSR count). The van der Waals surface area contributed by atoms with E-state index in [2.05, 4.69) is 37.3 Å². The molecule has 1 N–H and O–H groups in total. The van der Waals surface area contributed by atoms with Crippen LogP contribution in [-0.4, -0.2) is 23.9 Å². The average molecular weight is 354 g/mol. The van der Waals surface area contributed by atoms with Gasteiger partial charge in [-0.25, -0.2) is 0 Å². The first-order chi connectivity index (χ1) is 12.6.